The van der Waals surface area contributed by atoms with Crippen molar-refractivity contribution in [2.45, 2.75) is 44.9 Å². The number of nitrogens with one attached hydrogen (secondary N) is 1. The third kappa shape index (κ3) is 3.32. The molecule has 2 atom stereocenters. The van der Waals surface area contributed by atoms with Crippen LogP contribution in [0.5, 0.6) is 0 Å². The van der Waals surface area contributed by atoms with Gasteiger partial charge in [-0.3, -0.25) is 0 Å². The molecule has 1 N–H and O–H groups in total. The van der Waals surface area contributed by atoms with Gasteiger partial charge in [-0.15, -0.1) is 0 Å². The van der Waals surface area contributed by atoms with E-state index in [0.29, 0.717) is 11.8 Å². The van der Waals surface area contributed by atoms with Crippen molar-refractivity contribution >= 4 is 0 Å². The van der Waals surface area contributed by atoms with E-state index in [4.69, 9.17) is 0 Å². The molecule has 0 saturated heterocycles. The maximum absolute atomic E-state index is 14.0. The topological polar surface area (TPSA) is 12.0 Å². The van der Waals surface area contributed by atoms with Crippen molar-refractivity contribution in [2.75, 3.05) is 13.1 Å². The molecule has 1 aliphatic rings. The van der Waals surface area contributed by atoms with Gasteiger partial charge in [-0.2, -0.15) is 0 Å². The van der Waals surface area contributed by atoms with E-state index in [1.54, 1.807) is 12.1 Å². The molecule has 2 rings (SSSR count). The zero-order valence-electron chi connectivity index (χ0n) is 11.3. The van der Waals surface area contributed by atoms with Crippen molar-refractivity contribution in [1.82, 2.24) is 5.32 Å². The molecule has 2 unspecified atom stereocenters. The average Bonchev–Trinajstić information content (AvgIpc) is 2.62. The predicted molar refractivity (Wildman–Crippen MR) is 74.3 cm³/mol. The quantitative estimate of drug-likeness (QED) is 0.792. The number of hydrogen-bond donors (Lipinski definition) is 1. The van der Waals surface area contributed by atoms with Crippen molar-refractivity contribution in [2.24, 2.45) is 5.92 Å². The summed E-state index contributed by atoms with van der Waals surface area (Å²) in [6.07, 6.45) is 6.19. The highest BCUT2D eigenvalue weighted by Gasteiger charge is 2.26. The van der Waals surface area contributed by atoms with E-state index in [1.807, 2.05) is 12.1 Å². The fourth-order valence-corrected chi connectivity index (χ4v) is 3.14. The van der Waals surface area contributed by atoms with Crippen molar-refractivity contribution < 1.29 is 4.39 Å². The third-order valence-corrected chi connectivity index (χ3v) is 4.12. The van der Waals surface area contributed by atoms with Crippen LogP contribution in [0.25, 0.3) is 0 Å². The SMILES string of the molecule is CCNCC1CCCCCC1c1ccccc1F. The van der Waals surface area contributed by atoms with Gasteiger partial charge in [0, 0.05) is 0 Å². The van der Waals surface area contributed by atoms with Crippen LogP contribution < -0.4 is 5.32 Å². The summed E-state index contributed by atoms with van der Waals surface area (Å²) >= 11 is 0. The molecule has 100 valence electrons. The van der Waals surface area contributed by atoms with Crippen LogP contribution in [-0.2, 0) is 0 Å². The minimum atomic E-state index is -0.0223. The minimum Gasteiger partial charge on any atom is -0.317 e. The number of benzene rings is 1. The first-order valence-electron chi connectivity index (χ1n) is 7.28. The highest BCUT2D eigenvalue weighted by atomic mass is 19.1. The van der Waals surface area contributed by atoms with Gasteiger partial charge in [0.15, 0.2) is 0 Å². The van der Waals surface area contributed by atoms with Gasteiger partial charge in [0.1, 0.15) is 5.82 Å². The Bertz CT molecular complexity index is 364. The first-order chi connectivity index (χ1) is 8.83. The van der Waals surface area contributed by atoms with Crippen LogP contribution in [0, 0.1) is 11.7 Å². The Morgan fingerprint density at radius 2 is 1.94 bits per heavy atom. The lowest BCUT2D eigenvalue weighted by Crippen LogP contribution is -2.27. The normalized spacial score (nSPS) is 24.8. The average molecular weight is 249 g/mol. The maximum atomic E-state index is 14.0. The van der Waals surface area contributed by atoms with Gasteiger partial charge in [0.25, 0.3) is 0 Å². The summed E-state index contributed by atoms with van der Waals surface area (Å²) in [6.45, 7) is 4.16. The molecule has 1 aromatic carbocycles. The Kier molecular flexibility index (Phi) is 5.18. The molecule has 0 radical (unpaired) electrons. The summed E-state index contributed by atoms with van der Waals surface area (Å²) in [6, 6.07) is 7.33. The number of hydrogen-bond acceptors (Lipinski definition) is 1. The maximum Gasteiger partial charge on any atom is 0.126 e. The summed E-state index contributed by atoms with van der Waals surface area (Å²) in [4.78, 5) is 0. The zero-order valence-corrected chi connectivity index (χ0v) is 11.3. The van der Waals surface area contributed by atoms with Gasteiger partial charge in [-0.1, -0.05) is 44.4 Å². The molecule has 0 spiro atoms. The smallest absolute Gasteiger partial charge is 0.126 e. The number of halogens is 1. The van der Waals surface area contributed by atoms with Crippen LogP contribution in [0.1, 0.15) is 50.5 Å². The summed E-state index contributed by atoms with van der Waals surface area (Å²) in [5, 5.41) is 3.44. The van der Waals surface area contributed by atoms with Gasteiger partial charge in [0.2, 0.25) is 0 Å². The second kappa shape index (κ2) is 6.89. The van der Waals surface area contributed by atoms with Gasteiger partial charge in [-0.05, 0) is 49.4 Å². The molecule has 0 aromatic heterocycles. The van der Waals surface area contributed by atoms with Crippen LogP contribution in [0.4, 0.5) is 4.39 Å². The standard InChI is InChI=1S/C16H24FN/c1-2-18-12-13-8-4-3-5-9-14(13)15-10-6-7-11-16(15)17/h6-7,10-11,13-14,18H,2-5,8-9,12H2,1H3. The van der Waals surface area contributed by atoms with Crippen LogP contribution in [0.15, 0.2) is 24.3 Å². The minimum absolute atomic E-state index is 0.0223. The Labute approximate surface area is 110 Å². The van der Waals surface area contributed by atoms with Crippen LogP contribution in [-0.4, -0.2) is 13.1 Å². The first-order valence-corrected chi connectivity index (χ1v) is 7.28. The van der Waals surface area contributed by atoms with E-state index in [1.165, 1.54) is 25.7 Å². The summed E-state index contributed by atoms with van der Waals surface area (Å²) in [5.74, 6) is 0.961. The molecule has 0 aliphatic heterocycles. The second-order valence-electron chi connectivity index (χ2n) is 5.33. The molecule has 1 saturated carbocycles. The molecule has 0 heterocycles. The molecule has 0 amide bonds. The molecule has 1 aromatic rings. The molecule has 1 aliphatic carbocycles. The third-order valence-electron chi connectivity index (χ3n) is 4.12. The fourth-order valence-electron chi connectivity index (χ4n) is 3.14. The summed E-state index contributed by atoms with van der Waals surface area (Å²) < 4.78 is 14.0. The monoisotopic (exact) mass is 249 g/mol. The van der Waals surface area contributed by atoms with E-state index < -0.39 is 0 Å². The van der Waals surface area contributed by atoms with Crippen LogP contribution >= 0.6 is 0 Å². The highest BCUT2D eigenvalue weighted by molar-refractivity contribution is 5.23. The second-order valence-corrected chi connectivity index (χ2v) is 5.33. The van der Waals surface area contributed by atoms with Gasteiger partial charge in [-0.25, -0.2) is 4.39 Å². The number of rotatable bonds is 4. The van der Waals surface area contributed by atoms with Crippen molar-refractivity contribution in [3.05, 3.63) is 35.6 Å². The first kappa shape index (κ1) is 13.5. The lowest BCUT2D eigenvalue weighted by atomic mass is 9.82. The van der Waals surface area contributed by atoms with Gasteiger partial charge >= 0.3 is 0 Å². The fraction of sp³-hybridized carbons (Fsp3) is 0.625. The molecular weight excluding hydrogens is 225 g/mol. The summed E-state index contributed by atoms with van der Waals surface area (Å²) in [7, 11) is 0. The van der Waals surface area contributed by atoms with Crippen LogP contribution in [0.2, 0.25) is 0 Å². The van der Waals surface area contributed by atoms with Crippen LogP contribution in [0.3, 0.4) is 0 Å². The molecule has 0 bridgehead atoms. The molecule has 1 nitrogen and oxygen atoms in total. The Morgan fingerprint density at radius 1 is 1.17 bits per heavy atom. The van der Waals surface area contributed by atoms with E-state index in [0.717, 1.165) is 25.1 Å². The molecule has 1 fully saturated rings. The van der Waals surface area contributed by atoms with E-state index in [-0.39, 0.29) is 5.82 Å². The van der Waals surface area contributed by atoms with Crippen molar-refractivity contribution in [1.29, 1.82) is 0 Å². The molecular formula is C16H24FN. The zero-order chi connectivity index (χ0) is 12.8. The van der Waals surface area contributed by atoms with Crippen molar-refractivity contribution in [3.63, 3.8) is 0 Å². The van der Waals surface area contributed by atoms with Gasteiger partial charge in [0.05, 0.1) is 0 Å². The summed E-state index contributed by atoms with van der Waals surface area (Å²) in [5.41, 5.74) is 0.933. The largest absolute Gasteiger partial charge is 0.317 e. The molecule has 18 heavy (non-hydrogen) atoms. The van der Waals surface area contributed by atoms with E-state index in [2.05, 4.69) is 12.2 Å². The predicted octanol–water partition coefficient (Wildman–Crippen LogP) is 4.10. The van der Waals surface area contributed by atoms with Crippen molar-refractivity contribution in [3.8, 4) is 0 Å². The Hall–Kier alpha value is -0.890. The lowest BCUT2D eigenvalue weighted by Gasteiger charge is -2.26. The van der Waals surface area contributed by atoms with Gasteiger partial charge < -0.3 is 5.32 Å². The van der Waals surface area contributed by atoms with E-state index in [9.17, 15) is 4.39 Å². The van der Waals surface area contributed by atoms with E-state index >= 15 is 0 Å². The Morgan fingerprint density at radius 3 is 2.72 bits per heavy atom. The Balaban J connectivity index is 2.17. The molecule has 2 heteroatoms. The lowest BCUT2D eigenvalue weighted by molar-refractivity contribution is 0.370. The highest BCUT2D eigenvalue weighted by Crippen LogP contribution is 2.37.